The van der Waals surface area contributed by atoms with Crippen molar-refractivity contribution < 1.29 is 14.3 Å². The van der Waals surface area contributed by atoms with E-state index in [1.165, 1.54) is 0 Å². The summed E-state index contributed by atoms with van der Waals surface area (Å²) in [6, 6.07) is 5.24. The number of benzene rings is 1. The van der Waals surface area contributed by atoms with Gasteiger partial charge in [-0.25, -0.2) is 4.79 Å². The summed E-state index contributed by atoms with van der Waals surface area (Å²) in [4.78, 5) is 11.4. The van der Waals surface area contributed by atoms with Gasteiger partial charge in [0.15, 0.2) is 6.10 Å². The summed E-state index contributed by atoms with van der Waals surface area (Å²) < 4.78 is 10.4. The van der Waals surface area contributed by atoms with Crippen LogP contribution in [0.2, 0.25) is 0 Å². The van der Waals surface area contributed by atoms with E-state index in [9.17, 15) is 4.79 Å². The van der Waals surface area contributed by atoms with Crippen LogP contribution in [-0.4, -0.2) is 25.2 Å². The van der Waals surface area contributed by atoms with Crippen LogP contribution >= 0.6 is 0 Å². The van der Waals surface area contributed by atoms with E-state index in [1.54, 1.807) is 32.0 Å². The van der Waals surface area contributed by atoms with Crippen molar-refractivity contribution in [2.24, 2.45) is 0 Å². The monoisotopic (exact) mass is 252 g/mol. The highest BCUT2D eigenvalue weighted by Gasteiger charge is 2.15. The summed E-state index contributed by atoms with van der Waals surface area (Å²) in [7, 11) is 0. The summed E-state index contributed by atoms with van der Waals surface area (Å²) >= 11 is 0. The molecule has 0 aliphatic heterocycles. The lowest BCUT2D eigenvalue weighted by Crippen LogP contribution is -2.26. The molecule has 0 aromatic heterocycles. The Hall–Kier alpha value is -1.91. The Morgan fingerprint density at radius 1 is 1.44 bits per heavy atom. The van der Waals surface area contributed by atoms with Crippen LogP contribution in [0.15, 0.2) is 18.2 Å². The molecule has 0 saturated carbocycles. The number of hydrogen-bond donors (Lipinski definition) is 2. The third-order valence-electron chi connectivity index (χ3n) is 2.32. The van der Waals surface area contributed by atoms with Gasteiger partial charge in [0.25, 0.3) is 0 Å². The van der Waals surface area contributed by atoms with Crippen LogP contribution in [0.3, 0.4) is 0 Å². The second kappa shape index (κ2) is 6.74. The highest BCUT2D eigenvalue weighted by molar-refractivity contribution is 5.75. The molecule has 5 nitrogen and oxygen atoms in total. The second-order valence-corrected chi connectivity index (χ2v) is 3.79. The fourth-order valence-electron chi connectivity index (χ4n) is 1.46. The predicted molar refractivity (Wildman–Crippen MR) is 71.7 cm³/mol. The normalized spacial score (nSPS) is 11.7. The number of nitrogens with two attached hydrogens (primary N) is 1. The van der Waals surface area contributed by atoms with Gasteiger partial charge < -0.3 is 20.5 Å². The summed E-state index contributed by atoms with van der Waals surface area (Å²) in [5.74, 6) is 0.208. The van der Waals surface area contributed by atoms with Crippen molar-refractivity contribution in [2.45, 2.75) is 26.9 Å². The minimum atomic E-state index is -0.636. The lowest BCUT2D eigenvalue weighted by atomic mass is 10.2. The van der Waals surface area contributed by atoms with Gasteiger partial charge in [-0.2, -0.15) is 0 Å². The van der Waals surface area contributed by atoms with Crippen molar-refractivity contribution in [1.29, 1.82) is 0 Å². The highest BCUT2D eigenvalue weighted by Crippen LogP contribution is 2.25. The average molecular weight is 252 g/mol. The lowest BCUT2D eigenvalue weighted by Gasteiger charge is -2.15. The standard InChI is InChI=1S/C13H20N2O3/c1-4-15-12-8-10(6-7-11(12)14)18-9(3)13(16)17-5-2/h6-9,15H,4-5,14H2,1-3H3/t9-/m1/s1. The summed E-state index contributed by atoms with van der Waals surface area (Å²) in [6.45, 7) is 6.50. The number of esters is 1. The molecule has 0 aliphatic rings. The zero-order valence-electron chi connectivity index (χ0n) is 11.0. The van der Waals surface area contributed by atoms with Crippen LogP contribution in [0.5, 0.6) is 5.75 Å². The van der Waals surface area contributed by atoms with Crippen LogP contribution in [0.1, 0.15) is 20.8 Å². The smallest absolute Gasteiger partial charge is 0.347 e. The number of hydrogen-bond acceptors (Lipinski definition) is 5. The molecule has 0 bridgehead atoms. The maximum Gasteiger partial charge on any atom is 0.347 e. The van der Waals surface area contributed by atoms with Crippen molar-refractivity contribution in [3.8, 4) is 5.75 Å². The molecule has 5 heteroatoms. The van der Waals surface area contributed by atoms with Crippen LogP contribution in [-0.2, 0) is 9.53 Å². The van der Waals surface area contributed by atoms with Crippen molar-refractivity contribution in [1.82, 2.24) is 0 Å². The first kappa shape index (κ1) is 14.2. The highest BCUT2D eigenvalue weighted by atomic mass is 16.6. The van der Waals surface area contributed by atoms with Crippen molar-refractivity contribution >= 4 is 17.3 Å². The number of carbonyl (C=O) groups is 1. The number of rotatable bonds is 6. The number of ether oxygens (including phenoxy) is 2. The van der Waals surface area contributed by atoms with Gasteiger partial charge in [0.2, 0.25) is 0 Å². The molecule has 3 N–H and O–H groups in total. The van der Waals surface area contributed by atoms with Crippen LogP contribution in [0, 0.1) is 0 Å². The van der Waals surface area contributed by atoms with Gasteiger partial charge in [0.1, 0.15) is 5.75 Å². The Balaban J connectivity index is 2.72. The van der Waals surface area contributed by atoms with E-state index in [0.717, 1.165) is 12.2 Å². The first-order valence-corrected chi connectivity index (χ1v) is 6.05. The van der Waals surface area contributed by atoms with Crippen molar-refractivity contribution in [2.75, 3.05) is 24.2 Å². The zero-order valence-corrected chi connectivity index (χ0v) is 11.0. The van der Waals surface area contributed by atoms with Crippen LogP contribution in [0.25, 0.3) is 0 Å². The second-order valence-electron chi connectivity index (χ2n) is 3.79. The lowest BCUT2D eigenvalue weighted by molar-refractivity contribution is -0.150. The zero-order chi connectivity index (χ0) is 13.5. The molecule has 1 aromatic carbocycles. The molecule has 1 rings (SSSR count). The Kier molecular flexibility index (Phi) is 5.30. The molecular weight excluding hydrogens is 232 g/mol. The Morgan fingerprint density at radius 3 is 2.78 bits per heavy atom. The van der Waals surface area contributed by atoms with E-state index >= 15 is 0 Å². The molecule has 0 aliphatic carbocycles. The van der Waals surface area contributed by atoms with E-state index < -0.39 is 6.10 Å². The molecule has 0 amide bonds. The fraction of sp³-hybridized carbons (Fsp3) is 0.462. The van der Waals surface area contributed by atoms with Gasteiger partial charge in [-0.15, -0.1) is 0 Å². The average Bonchev–Trinajstić information content (AvgIpc) is 2.34. The number of nitrogen functional groups attached to an aromatic ring is 1. The van der Waals surface area contributed by atoms with Gasteiger partial charge in [-0.05, 0) is 32.9 Å². The molecule has 1 aromatic rings. The van der Waals surface area contributed by atoms with E-state index in [0.29, 0.717) is 18.0 Å². The fourth-order valence-corrected chi connectivity index (χ4v) is 1.46. The third-order valence-corrected chi connectivity index (χ3v) is 2.32. The molecular formula is C13H20N2O3. The molecule has 100 valence electrons. The van der Waals surface area contributed by atoms with Gasteiger partial charge in [-0.3, -0.25) is 0 Å². The molecule has 0 radical (unpaired) electrons. The Labute approximate surface area is 107 Å². The third kappa shape index (κ3) is 3.84. The van der Waals surface area contributed by atoms with Gasteiger partial charge in [-0.1, -0.05) is 0 Å². The van der Waals surface area contributed by atoms with Gasteiger partial charge in [0, 0.05) is 12.6 Å². The molecule has 18 heavy (non-hydrogen) atoms. The minimum absolute atomic E-state index is 0.344. The van der Waals surface area contributed by atoms with E-state index in [2.05, 4.69) is 5.32 Å². The van der Waals surface area contributed by atoms with E-state index in [4.69, 9.17) is 15.2 Å². The largest absolute Gasteiger partial charge is 0.479 e. The summed E-state index contributed by atoms with van der Waals surface area (Å²) in [6.07, 6.45) is -0.636. The molecule has 0 heterocycles. The van der Waals surface area contributed by atoms with E-state index in [1.807, 2.05) is 6.92 Å². The van der Waals surface area contributed by atoms with Crippen molar-refractivity contribution in [3.63, 3.8) is 0 Å². The van der Waals surface area contributed by atoms with Crippen LogP contribution < -0.4 is 15.8 Å². The van der Waals surface area contributed by atoms with Crippen molar-refractivity contribution in [3.05, 3.63) is 18.2 Å². The summed E-state index contributed by atoms with van der Waals surface area (Å²) in [5.41, 5.74) is 7.25. The Morgan fingerprint density at radius 2 is 2.17 bits per heavy atom. The quantitative estimate of drug-likeness (QED) is 0.598. The Bertz CT molecular complexity index is 407. The minimum Gasteiger partial charge on any atom is -0.479 e. The first-order valence-electron chi connectivity index (χ1n) is 6.05. The predicted octanol–water partition coefficient (Wildman–Crippen LogP) is 2.03. The topological polar surface area (TPSA) is 73.6 Å². The number of nitrogens with one attached hydrogen (secondary N) is 1. The van der Waals surface area contributed by atoms with E-state index in [-0.39, 0.29) is 5.97 Å². The molecule has 0 spiro atoms. The number of carbonyl (C=O) groups excluding carboxylic acids is 1. The number of anilines is 2. The summed E-state index contributed by atoms with van der Waals surface area (Å²) in [5, 5.41) is 3.12. The molecule has 0 saturated heterocycles. The molecule has 0 fully saturated rings. The first-order chi connectivity index (χ1) is 8.58. The molecule has 0 unspecified atom stereocenters. The molecule has 1 atom stereocenters. The SMILES string of the molecule is CCNc1cc(O[C@H](C)C(=O)OCC)ccc1N. The van der Waals surface area contributed by atoms with Gasteiger partial charge >= 0.3 is 5.97 Å². The van der Waals surface area contributed by atoms with Gasteiger partial charge in [0.05, 0.1) is 18.0 Å². The maximum atomic E-state index is 11.4. The van der Waals surface area contributed by atoms with Crippen LogP contribution in [0.4, 0.5) is 11.4 Å². The maximum absolute atomic E-state index is 11.4.